The number of carbonyl (C=O) groups is 1. The zero-order valence-corrected chi connectivity index (χ0v) is 11.7. The van der Waals surface area contributed by atoms with Gasteiger partial charge < -0.3 is 9.26 Å². The van der Waals surface area contributed by atoms with Crippen LogP contribution in [-0.4, -0.2) is 23.0 Å². The van der Waals surface area contributed by atoms with Crippen molar-refractivity contribution in [3.05, 3.63) is 53.6 Å². The van der Waals surface area contributed by atoms with Crippen LogP contribution in [0.1, 0.15) is 15.9 Å². The van der Waals surface area contributed by atoms with Crippen LogP contribution in [0.3, 0.4) is 0 Å². The molecule has 0 amide bonds. The van der Waals surface area contributed by atoms with Crippen LogP contribution in [0, 0.1) is 0 Å². The van der Waals surface area contributed by atoms with Gasteiger partial charge in [0.05, 0.1) is 6.61 Å². The van der Waals surface area contributed by atoms with E-state index in [-0.39, 0.29) is 0 Å². The number of aldehydes is 1. The maximum absolute atomic E-state index is 10.7. The third-order valence-corrected chi connectivity index (χ3v) is 3.67. The third-order valence-electron chi connectivity index (χ3n) is 3.67. The summed E-state index contributed by atoms with van der Waals surface area (Å²) in [5, 5.41) is 4.01. The zero-order chi connectivity index (χ0) is 14.9. The summed E-state index contributed by atoms with van der Waals surface area (Å²) in [6.45, 7) is 0.719. The maximum Gasteiger partial charge on any atom is 0.258 e. The first kappa shape index (κ1) is 12.8. The molecular formula is C17H12N2O3. The van der Waals surface area contributed by atoms with E-state index in [1.54, 1.807) is 24.3 Å². The zero-order valence-electron chi connectivity index (χ0n) is 11.7. The molecular weight excluding hydrogens is 280 g/mol. The van der Waals surface area contributed by atoms with E-state index in [9.17, 15) is 4.79 Å². The topological polar surface area (TPSA) is 65.2 Å². The van der Waals surface area contributed by atoms with Crippen molar-refractivity contribution < 1.29 is 14.1 Å². The Morgan fingerprint density at radius 2 is 1.86 bits per heavy atom. The molecule has 1 aliphatic heterocycles. The second kappa shape index (κ2) is 5.11. The Kier molecular flexibility index (Phi) is 2.96. The lowest BCUT2D eigenvalue weighted by atomic mass is 10.1. The molecule has 0 unspecified atom stereocenters. The highest BCUT2D eigenvalue weighted by Gasteiger charge is 2.16. The average Bonchev–Trinajstić information content (AvgIpc) is 3.23. The number of fused-ring (bicyclic) bond motifs is 1. The largest absolute Gasteiger partial charge is 0.493 e. The Balaban J connectivity index is 1.67. The van der Waals surface area contributed by atoms with Gasteiger partial charge in [0.15, 0.2) is 0 Å². The van der Waals surface area contributed by atoms with Crippen molar-refractivity contribution in [3.63, 3.8) is 0 Å². The van der Waals surface area contributed by atoms with Crippen LogP contribution >= 0.6 is 0 Å². The first-order chi connectivity index (χ1) is 10.8. The van der Waals surface area contributed by atoms with Gasteiger partial charge in [-0.05, 0) is 23.8 Å². The van der Waals surface area contributed by atoms with Crippen molar-refractivity contribution >= 4 is 6.29 Å². The van der Waals surface area contributed by atoms with E-state index < -0.39 is 0 Å². The molecule has 5 nitrogen and oxygen atoms in total. The van der Waals surface area contributed by atoms with E-state index >= 15 is 0 Å². The van der Waals surface area contributed by atoms with Crippen LogP contribution in [0.2, 0.25) is 0 Å². The van der Waals surface area contributed by atoms with Crippen LogP contribution in [0.5, 0.6) is 5.75 Å². The molecule has 1 aromatic heterocycles. The lowest BCUT2D eigenvalue weighted by Gasteiger charge is -1.99. The van der Waals surface area contributed by atoms with Gasteiger partial charge in [-0.15, -0.1) is 0 Å². The smallest absolute Gasteiger partial charge is 0.258 e. The number of hydrogen-bond acceptors (Lipinski definition) is 5. The Hall–Kier alpha value is -2.95. The molecule has 0 fully saturated rings. The monoisotopic (exact) mass is 292 g/mol. The Bertz CT molecular complexity index is 837. The van der Waals surface area contributed by atoms with Gasteiger partial charge in [0.1, 0.15) is 12.0 Å². The average molecular weight is 292 g/mol. The summed E-state index contributed by atoms with van der Waals surface area (Å²) in [5.41, 5.74) is 3.47. The van der Waals surface area contributed by atoms with Crippen molar-refractivity contribution in [1.29, 1.82) is 0 Å². The molecule has 3 aromatic rings. The lowest BCUT2D eigenvalue weighted by molar-refractivity contribution is 0.112. The summed E-state index contributed by atoms with van der Waals surface area (Å²) in [7, 11) is 0. The van der Waals surface area contributed by atoms with Crippen LogP contribution in [-0.2, 0) is 6.42 Å². The molecule has 0 N–H and O–H groups in total. The highest BCUT2D eigenvalue weighted by atomic mass is 16.5. The Morgan fingerprint density at radius 3 is 2.68 bits per heavy atom. The molecule has 0 saturated carbocycles. The van der Waals surface area contributed by atoms with Crippen LogP contribution < -0.4 is 4.74 Å². The molecule has 22 heavy (non-hydrogen) atoms. The molecule has 4 rings (SSSR count). The van der Waals surface area contributed by atoms with Crippen molar-refractivity contribution in [2.75, 3.05) is 6.61 Å². The standard InChI is InChI=1S/C17H12N2O3/c20-10-11-1-3-12(4-2-11)16-18-17(22-19-16)14-5-6-15-13(9-14)7-8-21-15/h1-6,9-10H,7-8H2. The number of nitrogens with zero attached hydrogens (tertiary/aromatic N) is 2. The predicted octanol–water partition coefficient (Wildman–Crippen LogP) is 3.15. The summed E-state index contributed by atoms with van der Waals surface area (Å²) >= 11 is 0. The third kappa shape index (κ3) is 2.16. The van der Waals surface area contributed by atoms with E-state index in [4.69, 9.17) is 9.26 Å². The van der Waals surface area contributed by atoms with Crippen LogP contribution in [0.25, 0.3) is 22.8 Å². The first-order valence-corrected chi connectivity index (χ1v) is 6.99. The van der Waals surface area contributed by atoms with E-state index in [0.717, 1.165) is 41.8 Å². The van der Waals surface area contributed by atoms with E-state index in [1.165, 1.54) is 0 Å². The van der Waals surface area contributed by atoms with Gasteiger partial charge in [-0.3, -0.25) is 4.79 Å². The van der Waals surface area contributed by atoms with Gasteiger partial charge in [-0.2, -0.15) is 4.98 Å². The minimum Gasteiger partial charge on any atom is -0.493 e. The van der Waals surface area contributed by atoms with E-state index in [2.05, 4.69) is 10.1 Å². The second-order valence-electron chi connectivity index (χ2n) is 5.08. The predicted molar refractivity (Wildman–Crippen MR) is 79.8 cm³/mol. The van der Waals surface area contributed by atoms with Gasteiger partial charge in [0, 0.05) is 23.1 Å². The minimum atomic E-state index is 0.476. The van der Waals surface area contributed by atoms with Crippen molar-refractivity contribution in [2.45, 2.75) is 6.42 Å². The van der Waals surface area contributed by atoms with Gasteiger partial charge in [0.25, 0.3) is 5.89 Å². The van der Waals surface area contributed by atoms with Gasteiger partial charge in [0.2, 0.25) is 5.82 Å². The molecule has 0 radical (unpaired) electrons. The lowest BCUT2D eigenvalue weighted by Crippen LogP contribution is -1.85. The Labute approximate surface area is 126 Å². The summed E-state index contributed by atoms with van der Waals surface area (Å²) in [4.78, 5) is 15.1. The summed E-state index contributed by atoms with van der Waals surface area (Å²) in [6.07, 6.45) is 1.70. The molecule has 0 saturated heterocycles. The highest BCUT2D eigenvalue weighted by molar-refractivity contribution is 5.76. The Morgan fingerprint density at radius 1 is 1.05 bits per heavy atom. The molecule has 0 atom stereocenters. The van der Waals surface area contributed by atoms with Gasteiger partial charge >= 0.3 is 0 Å². The van der Waals surface area contributed by atoms with Crippen molar-refractivity contribution in [2.24, 2.45) is 0 Å². The number of carbonyl (C=O) groups excluding carboxylic acids is 1. The number of hydrogen-bond donors (Lipinski definition) is 0. The number of aromatic nitrogens is 2. The SMILES string of the molecule is O=Cc1ccc(-c2noc(-c3ccc4c(c3)CCO4)n2)cc1. The van der Waals surface area contributed by atoms with Gasteiger partial charge in [-0.1, -0.05) is 29.4 Å². The van der Waals surface area contributed by atoms with Crippen LogP contribution in [0.15, 0.2) is 47.0 Å². The second-order valence-corrected chi connectivity index (χ2v) is 5.08. The minimum absolute atomic E-state index is 0.476. The van der Waals surface area contributed by atoms with E-state index in [1.807, 2.05) is 18.2 Å². The normalized spacial score (nSPS) is 12.7. The molecule has 2 heterocycles. The molecule has 5 heteroatoms. The fourth-order valence-electron chi connectivity index (χ4n) is 2.49. The van der Waals surface area contributed by atoms with Crippen molar-refractivity contribution in [3.8, 4) is 28.6 Å². The number of rotatable bonds is 3. The molecule has 108 valence electrons. The molecule has 2 aromatic carbocycles. The number of ether oxygens (including phenoxy) is 1. The van der Waals surface area contributed by atoms with Crippen LogP contribution in [0.4, 0.5) is 0 Å². The first-order valence-electron chi connectivity index (χ1n) is 6.99. The van der Waals surface area contributed by atoms with Gasteiger partial charge in [-0.25, -0.2) is 0 Å². The summed E-state index contributed by atoms with van der Waals surface area (Å²) in [5.74, 6) is 1.90. The number of benzene rings is 2. The molecule has 0 spiro atoms. The molecule has 0 aliphatic carbocycles. The molecule has 1 aliphatic rings. The molecule has 0 bridgehead atoms. The highest BCUT2D eigenvalue weighted by Crippen LogP contribution is 2.30. The van der Waals surface area contributed by atoms with Crippen molar-refractivity contribution in [1.82, 2.24) is 10.1 Å². The fourth-order valence-corrected chi connectivity index (χ4v) is 2.49. The summed E-state index contributed by atoms with van der Waals surface area (Å²) < 4.78 is 10.8. The van der Waals surface area contributed by atoms with E-state index in [0.29, 0.717) is 17.3 Å². The summed E-state index contributed by atoms with van der Waals surface area (Å²) in [6, 6.07) is 12.9. The maximum atomic E-state index is 10.7. The quantitative estimate of drug-likeness (QED) is 0.694. The fraction of sp³-hybridized carbons (Fsp3) is 0.118.